The predicted octanol–water partition coefficient (Wildman–Crippen LogP) is 0.683. The molecule has 2 saturated heterocycles. The standard InChI is InChI=1S/C14H16N2O4/c1-15-12(17)7-14(20-15)8-16(9-14)13(18)10-5-3-4-6-11(10)19-2/h3-6H,7-9H2,1-2H3. The van der Waals surface area contributed by atoms with Crippen molar-refractivity contribution >= 4 is 11.8 Å². The van der Waals surface area contributed by atoms with Gasteiger partial charge in [-0.25, -0.2) is 5.06 Å². The summed E-state index contributed by atoms with van der Waals surface area (Å²) in [6.45, 7) is 0.861. The Morgan fingerprint density at radius 3 is 2.65 bits per heavy atom. The van der Waals surface area contributed by atoms with Crippen LogP contribution in [0.15, 0.2) is 24.3 Å². The highest BCUT2D eigenvalue weighted by Crippen LogP contribution is 2.36. The van der Waals surface area contributed by atoms with Gasteiger partial charge in [-0.05, 0) is 12.1 Å². The van der Waals surface area contributed by atoms with E-state index in [2.05, 4.69) is 0 Å². The van der Waals surface area contributed by atoms with E-state index in [-0.39, 0.29) is 11.8 Å². The number of carbonyl (C=O) groups is 2. The first kappa shape index (κ1) is 12.9. The molecule has 20 heavy (non-hydrogen) atoms. The van der Waals surface area contributed by atoms with Crippen molar-refractivity contribution < 1.29 is 19.2 Å². The summed E-state index contributed by atoms with van der Waals surface area (Å²) in [7, 11) is 3.14. The molecule has 0 aromatic heterocycles. The third-order valence-electron chi connectivity index (χ3n) is 3.74. The molecule has 1 aromatic carbocycles. The monoisotopic (exact) mass is 276 g/mol. The smallest absolute Gasteiger partial charge is 0.257 e. The topological polar surface area (TPSA) is 59.1 Å². The molecule has 0 N–H and O–H groups in total. The van der Waals surface area contributed by atoms with Gasteiger partial charge in [0, 0.05) is 7.05 Å². The van der Waals surface area contributed by atoms with Crippen molar-refractivity contribution in [3.8, 4) is 5.75 Å². The lowest BCUT2D eigenvalue weighted by atomic mass is 9.90. The lowest BCUT2D eigenvalue weighted by molar-refractivity contribution is -0.218. The molecule has 2 heterocycles. The number of likely N-dealkylation sites (tertiary alicyclic amines) is 1. The van der Waals surface area contributed by atoms with E-state index in [1.807, 2.05) is 6.07 Å². The van der Waals surface area contributed by atoms with Gasteiger partial charge in [0.05, 0.1) is 32.2 Å². The maximum Gasteiger partial charge on any atom is 0.257 e. The van der Waals surface area contributed by atoms with E-state index in [1.54, 1.807) is 30.1 Å². The van der Waals surface area contributed by atoms with Crippen molar-refractivity contribution in [3.05, 3.63) is 29.8 Å². The van der Waals surface area contributed by atoms with Gasteiger partial charge in [-0.3, -0.25) is 14.4 Å². The molecule has 2 fully saturated rings. The maximum absolute atomic E-state index is 12.4. The van der Waals surface area contributed by atoms with Gasteiger partial charge in [-0.2, -0.15) is 0 Å². The molecular formula is C14H16N2O4. The van der Waals surface area contributed by atoms with Crippen LogP contribution in [0.4, 0.5) is 0 Å². The number of para-hydroxylation sites is 1. The molecule has 0 unspecified atom stereocenters. The first-order valence-electron chi connectivity index (χ1n) is 6.43. The fourth-order valence-electron chi connectivity index (χ4n) is 2.71. The van der Waals surface area contributed by atoms with E-state index >= 15 is 0 Å². The lowest BCUT2D eigenvalue weighted by Crippen LogP contribution is -2.63. The number of hydrogen-bond acceptors (Lipinski definition) is 4. The molecule has 3 rings (SSSR count). The molecule has 0 bridgehead atoms. The molecule has 0 saturated carbocycles. The Labute approximate surface area is 116 Å². The maximum atomic E-state index is 12.4. The number of nitrogens with zero attached hydrogens (tertiary/aromatic N) is 2. The number of rotatable bonds is 2. The van der Waals surface area contributed by atoms with Crippen LogP contribution in [0.3, 0.4) is 0 Å². The van der Waals surface area contributed by atoms with Gasteiger partial charge in [0.2, 0.25) is 5.91 Å². The van der Waals surface area contributed by atoms with Crippen LogP contribution in [0.2, 0.25) is 0 Å². The van der Waals surface area contributed by atoms with Crippen molar-refractivity contribution in [1.29, 1.82) is 0 Å². The van der Waals surface area contributed by atoms with E-state index < -0.39 is 5.60 Å². The van der Waals surface area contributed by atoms with Crippen LogP contribution in [0, 0.1) is 0 Å². The molecule has 106 valence electrons. The summed E-state index contributed by atoms with van der Waals surface area (Å²) in [4.78, 5) is 31.1. The fourth-order valence-corrected chi connectivity index (χ4v) is 2.71. The van der Waals surface area contributed by atoms with Gasteiger partial charge in [0.15, 0.2) is 0 Å². The highest BCUT2D eigenvalue weighted by Gasteiger charge is 2.54. The van der Waals surface area contributed by atoms with Gasteiger partial charge >= 0.3 is 0 Å². The van der Waals surface area contributed by atoms with Gasteiger partial charge < -0.3 is 9.64 Å². The average molecular weight is 276 g/mol. The van der Waals surface area contributed by atoms with Crippen molar-refractivity contribution in [2.45, 2.75) is 12.0 Å². The van der Waals surface area contributed by atoms with E-state index in [0.717, 1.165) is 0 Å². The number of benzene rings is 1. The number of hydroxylamine groups is 2. The summed E-state index contributed by atoms with van der Waals surface area (Å²) < 4.78 is 5.20. The number of carbonyl (C=O) groups excluding carboxylic acids is 2. The van der Waals surface area contributed by atoms with Gasteiger partial charge in [0.25, 0.3) is 5.91 Å². The van der Waals surface area contributed by atoms with E-state index in [9.17, 15) is 9.59 Å². The summed E-state index contributed by atoms with van der Waals surface area (Å²) in [5.74, 6) is 0.409. The Morgan fingerprint density at radius 2 is 2.05 bits per heavy atom. The van der Waals surface area contributed by atoms with Crippen LogP contribution in [0.25, 0.3) is 0 Å². The molecule has 6 nitrogen and oxygen atoms in total. The molecule has 2 aliphatic rings. The molecule has 1 aromatic rings. The predicted molar refractivity (Wildman–Crippen MR) is 70.1 cm³/mol. The first-order valence-corrected chi connectivity index (χ1v) is 6.43. The lowest BCUT2D eigenvalue weighted by Gasteiger charge is -2.45. The highest BCUT2D eigenvalue weighted by molar-refractivity contribution is 5.97. The van der Waals surface area contributed by atoms with Crippen molar-refractivity contribution in [2.24, 2.45) is 0 Å². The van der Waals surface area contributed by atoms with Crippen molar-refractivity contribution in [2.75, 3.05) is 27.2 Å². The third-order valence-corrected chi connectivity index (χ3v) is 3.74. The molecule has 0 atom stereocenters. The van der Waals surface area contributed by atoms with Gasteiger partial charge in [0.1, 0.15) is 11.4 Å². The number of ether oxygens (including phenoxy) is 1. The second kappa shape index (κ2) is 4.49. The molecule has 0 radical (unpaired) electrons. The molecule has 2 aliphatic heterocycles. The summed E-state index contributed by atoms with van der Waals surface area (Å²) in [6.07, 6.45) is 0.333. The molecular weight excluding hydrogens is 260 g/mol. The molecule has 0 aliphatic carbocycles. The number of hydrogen-bond donors (Lipinski definition) is 0. The zero-order valence-electron chi connectivity index (χ0n) is 11.5. The molecule has 1 spiro atoms. The van der Waals surface area contributed by atoms with Gasteiger partial charge in [-0.15, -0.1) is 0 Å². The summed E-state index contributed by atoms with van der Waals surface area (Å²) >= 11 is 0. The number of amides is 2. The van der Waals surface area contributed by atoms with E-state index in [0.29, 0.717) is 30.8 Å². The third kappa shape index (κ3) is 1.92. The van der Waals surface area contributed by atoms with Gasteiger partial charge in [-0.1, -0.05) is 12.1 Å². The SMILES string of the molecule is COc1ccccc1C(=O)N1CC2(CC(=O)N(C)O2)C1. The molecule has 2 amide bonds. The summed E-state index contributed by atoms with van der Waals surface area (Å²) in [5, 5.41) is 1.25. The van der Waals surface area contributed by atoms with Crippen molar-refractivity contribution in [3.63, 3.8) is 0 Å². The zero-order valence-corrected chi connectivity index (χ0v) is 11.5. The van der Waals surface area contributed by atoms with Crippen LogP contribution in [0.1, 0.15) is 16.8 Å². The second-order valence-electron chi connectivity index (χ2n) is 5.20. The van der Waals surface area contributed by atoms with E-state index in [1.165, 1.54) is 12.2 Å². The Kier molecular flexibility index (Phi) is 2.90. The highest BCUT2D eigenvalue weighted by atomic mass is 16.7. The van der Waals surface area contributed by atoms with Crippen molar-refractivity contribution in [1.82, 2.24) is 9.96 Å². The minimum Gasteiger partial charge on any atom is -0.496 e. The zero-order chi connectivity index (χ0) is 14.3. The Morgan fingerprint density at radius 1 is 1.35 bits per heavy atom. The largest absolute Gasteiger partial charge is 0.496 e. The average Bonchev–Trinajstić information content (AvgIpc) is 2.72. The minimum atomic E-state index is -0.524. The Balaban J connectivity index is 1.71. The van der Waals surface area contributed by atoms with Crippen LogP contribution >= 0.6 is 0 Å². The Hall–Kier alpha value is -2.08. The Bertz CT molecular complexity index is 566. The van der Waals surface area contributed by atoms with E-state index in [4.69, 9.17) is 9.57 Å². The van der Waals surface area contributed by atoms with Crippen LogP contribution in [-0.2, 0) is 9.63 Å². The quantitative estimate of drug-likeness (QED) is 0.797. The minimum absolute atomic E-state index is 0.0469. The van der Waals surface area contributed by atoms with Crippen LogP contribution < -0.4 is 4.74 Å². The summed E-state index contributed by atoms with van der Waals surface area (Å²) in [5.41, 5.74) is 0.00582. The second-order valence-corrected chi connectivity index (χ2v) is 5.20. The molecule has 6 heteroatoms. The summed E-state index contributed by atoms with van der Waals surface area (Å²) in [6, 6.07) is 7.11. The number of methoxy groups -OCH3 is 1. The fraction of sp³-hybridized carbons (Fsp3) is 0.429. The van der Waals surface area contributed by atoms with Crippen LogP contribution in [-0.4, -0.2) is 54.6 Å². The first-order chi connectivity index (χ1) is 9.54. The van der Waals surface area contributed by atoms with Crippen LogP contribution in [0.5, 0.6) is 5.75 Å². The normalized spacial score (nSPS) is 20.2.